The molecule has 17 atom stereocenters. The summed E-state index contributed by atoms with van der Waals surface area (Å²) in [5, 5.41) is 120. The van der Waals surface area contributed by atoms with Gasteiger partial charge >= 0.3 is 0 Å². The van der Waals surface area contributed by atoms with E-state index in [1.807, 2.05) is 6.08 Å². The molecule has 0 bridgehead atoms. The van der Waals surface area contributed by atoms with Gasteiger partial charge in [-0.15, -0.1) is 0 Å². The fraction of sp³-hybridized carbons (Fsp3) is 0.859. The van der Waals surface area contributed by atoms with Gasteiger partial charge in [0.2, 0.25) is 5.91 Å². The predicted octanol–water partition coefficient (Wildman–Crippen LogP) is 12.3. The molecule has 0 radical (unpaired) electrons. The van der Waals surface area contributed by atoms with Crippen LogP contribution in [-0.4, -0.2) is 193 Å². The minimum Gasteiger partial charge on any atom is -0.394 e. The molecule has 12 N–H and O–H groups in total. The number of carbonyl (C=O) groups is 1. The number of rotatable bonds is 61. The van der Waals surface area contributed by atoms with Crippen LogP contribution in [0.25, 0.3) is 0 Å². The van der Waals surface area contributed by atoms with Crippen molar-refractivity contribution in [2.75, 3.05) is 26.4 Å². The lowest BCUT2D eigenvalue weighted by atomic mass is 9.96. The summed E-state index contributed by atoms with van der Waals surface area (Å²) < 4.78 is 34.3. The highest BCUT2D eigenvalue weighted by atomic mass is 16.8. The van der Waals surface area contributed by atoms with Gasteiger partial charge in [0.05, 0.1) is 38.6 Å². The van der Waals surface area contributed by atoms with Crippen molar-refractivity contribution in [3.05, 3.63) is 60.8 Å². The first-order chi connectivity index (χ1) is 47.3. The Morgan fingerprint density at radius 2 is 0.691 bits per heavy atom. The topological polar surface area (TPSA) is 307 Å². The van der Waals surface area contributed by atoms with Crippen molar-refractivity contribution < 1.29 is 89.4 Å². The van der Waals surface area contributed by atoms with Gasteiger partial charge in [0.25, 0.3) is 0 Å². The maximum absolute atomic E-state index is 13.4. The van der Waals surface area contributed by atoms with Crippen molar-refractivity contribution in [2.45, 2.75) is 401 Å². The average molecular weight is 1380 g/mol. The Morgan fingerprint density at radius 1 is 0.371 bits per heavy atom. The van der Waals surface area contributed by atoms with E-state index in [-0.39, 0.29) is 18.9 Å². The lowest BCUT2D eigenvalue weighted by molar-refractivity contribution is -0.379. The fourth-order valence-corrected chi connectivity index (χ4v) is 13.0. The first kappa shape index (κ1) is 88.7. The molecule has 0 spiro atoms. The number of hydrogen-bond donors (Lipinski definition) is 12. The van der Waals surface area contributed by atoms with Crippen LogP contribution in [0.2, 0.25) is 0 Å². The first-order valence-electron chi connectivity index (χ1n) is 39.0. The van der Waals surface area contributed by atoms with Gasteiger partial charge in [0.1, 0.15) is 73.2 Å². The number of unbranched alkanes of at least 4 members (excludes halogenated alkanes) is 37. The second-order valence-electron chi connectivity index (χ2n) is 27.8. The molecule has 17 unspecified atom stereocenters. The predicted molar refractivity (Wildman–Crippen MR) is 383 cm³/mol. The maximum atomic E-state index is 13.4. The van der Waals surface area contributed by atoms with Crippen molar-refractivity contribution in [3.63, 3.8) is 0 Å². The number of aliphatic hydroxyl groups excluding tert-OH is 11. The zero-order chi connectivity index (χ0) is 70.4. The summed E-state index contributed by atoms with van der Waals surface area (Å²) in [5.41, 5.74) is 0. The fourth-order valence-electron chi connectivity index (χ4n) is 13.0. The van der Waals surface area contributed by atoms with Crippen LogP contribution in [0.1, 0.15) is 296 Å². The Bertz CT molecular complexity index is 1990. The van der Waals surface area contributed by atoms with Gasteiger partial charge in [0.15, 0.2) is 18.9 Å². The van der Waals surface area contributed by atoms with E-state index < -0.39 is 124 Å². The summed E-state index contributed by atoms with van der Waals surface area (Å²) in [5.74, 6) is -0.287. The highest BCUT2D eigenvalue weighted by Crippen LogP contribution is 2.33. The second-order valence-corrected chi connectivity index (χ2v) is 27.8. The first-order valence-corrected chi connectivity index (χ1v) is 39.0. The number of allylic oxidation sites excluding steroid dienone is 9. The molecule has 97 heavy (non-hydrogen) atoms. The third kappa shape index (κ3) is 39.6. The van der Waals surface area contributed by atoms with Crippen molar-refractivity contribution in [1.29, 1.82) is 0 Å². The van der Waals surface area contributed by atoms with Gasteiger partial charge in [-0.1, -0.05) is 274 Å². The molecule has 3 fully saturated rings. The minimum absolute atomic E-state index is 0.234. The van der Waals surface area contributed by atoms with E-state index in [1.54, 1.807) is 6.08 Å². The molecule has 3 rings (SSSR count). The van der Waals surface area contributed by atoms with E-state index in [0.717, 1.165) is 51.4 Å². The monoisotopic (exact) mass is 1380 g/mol. The van der Waals surface area contributed by atoms with Crippen molar-refractivity contribution in [1.82, 2.24) is 5.32 Å². The van der Waals surface area contributed by atoms with E-state index in [2.05, 4.69) is 67.8 Å². The van der Waals surface area contributed by atoms with Gasteiger partial charge < -0.3 is 89.9 Å². The molecule has 3 heterocycles. The summed E-state index contributed by atoms with van der Waals surface area (Å²) >= 11 is 0. The van der Waals surface area contributed by atoms with Crippen LogP contribution in [0, 0.1) is 0 Å². The van der Waals surface area contributed by atoms with E-state index in [0.29, 0.717) is 12.8 Å². The molecular weight excluding hydrogens is 1240 g/mol. The molecule has 0 aliphatic carbocycles. The van der Waals surface area contributed by atoms with Crippen LogP contribution >= 0.6 is 0 Å². The molecule has 19 nitrogen and oxygen atoms in total. The van der Waals surface area contributed by atoms with E-state index in [4.69, 9.17) is 28.4 Å². The van der Waals surface area contributed by atoms with Crippen molar-refractivity contribution >= 4 is 5.91 Å². The number of ether oxygens (including phenoxy) is 6. The zero-order valence-electron chi connectivity index (χ0n) is 60.3. The molecule has 19 heteroatoms. The SMILES string of the molecule is CCCCC/C=C/CC/C=C/CC/C=C/C(O)C(COC1OC(CO)C(OC2OC(CO)C(OC3OC(CO)C(O)C(O)C3O)C(O)C2O)C(O)C1O)NC(=O)CCCCCCCCCCCCCCCCCCCCCCCCCCCCC/C=C\C/C=C\CCCCCCC. The minimum atomic E-state index is -1.98. The number of aliphatic hydroxyl groups is 11. The molecule has 0 aromatic rings. The van der Waals surface area contributed by atoms with Gasteiger partial charge in [-0.3, -0.25) is 4.79 Å². The average Bonchev–Trinajstić information content (AvgIpc) is 0.792. The standard InChI is InChI=1S/C78H141NO18/c1-3-5-7-9-11-13-15-17-18-19-20-21-22-23-24-25-26-27-28-29-30-31-32-33-34-35-36-37-38-39-40-41-42-44-46-48-50-52-54-56-66(84)79-61(62(83)55-53-51-49-47-45-43-16-14-12-10-8-6-4-2)60-92-76-72(90)69(87)74(64(58-81)94-76)97-78-73(91)70(88)75(65(59-82)95-78)96-77-71(89)68(86)67(85)63(57-80)93-77/h12,14-15,17,19-20,45,47,53,55,61-65,67-78,80-83,85-91H,3-11,13,16,18,21-44,46,48-52,54,56-60H2,1-2H3,(H,79,84)/b14-12+,17-15-,20-19-,47-45+,55-53+. The molecule has 1 amide bonds. The normalized spacial score (nSPS) is 27.2. The Morgan fingerprint density at radius 3 is 1.11 bits per heavy atom. The van der Waals surface area contributed by atoms with Crippen LogP contribution in [0.5, 0.6) is 0 Å². The highest BCUT2D eigenvalue weighted by Gasteiger charge is 2.53. The summed E-state index contributed by atoms with van der Waals surface area (Å²) in [6, 6.07) is -0.996. The van der Waals surface area contributed by atoms with E-state index in [1.165, 1.54) is 212 Å². The molecule has 566 valence electrons. The largest absolute Gasteiger partial charge is 0.394 e. The molecule has 0 aromatic carbocycles. The quantitative estimate of drug-likeness (QED) is 0.0199. The van der Waals surface area contributed by atoms with Crippen molar-refractivity contribution in [3.8, 4) is 0 Å². The summed E-state index contributed by atoms with van der Waals surface area (Å²) in [6.07, 6.45) is 48.3. The molecule has 3 saturated heterocycles. The number of hydrogen-bond acceptors (Lipinski definition) is 18. The van der Waals surface area contributed by atoms with E-state index >= 15 is 0 Å². The summed E-state index contributed by atoms with van der Waals surface area (Å²) in [6.45, 7) is 1.67. The van der Waals surface area contributed by atoms with Crippen LogP contribution in [0.3, 0.4) is 0 Å². The second kappa shape index (κ2) is 58.9. The molecule has 3 aliphatic heterocycles. The Balaban J connectivity index is 1.29. The number of nitrogens with one attached hydrogen (secondary N) is 1. The van der Waals surface area contributed by atoms with Gasteiger partial charge in [0, 0.05) is 6.42 Å². The Hall–Kier alpha value is -2.51. The Labute approximate surface area is 586 Å². The lowest BCUT2D eigenvalue weighted by Gasteiger charge is -2.48. The zero-order valence-corrected chi connectivity index (χ0v) is 60.3. The molecule has 3 aliphatic rings. The Kier molecular flexibility index (Phi) is 53.9. The third-order valence-electron chi connectivity index (χ3n) is 19.3. The number of carbonyl (C=O) groups excluding carboxylic acids is 1. The van der Waals surface area contributed by atoms with Gasteiger partial charge in [-0.05, 0) is 77.0 Å². The van der Waals surface area contributed by atoms with Crippen LogP contribution in [0.4, 0.5) is 0 Å². The maximum Gasteiger partial charge on any atom is 0.220 e. The summed E-state index contributed by atoms with van der Waals surface area (Å²) in [4.78, 5) is 13.4. The van der Waals surface area contributed by atoms with E-state index in [9.17, 15) is 61.0 Å². The van der Waals surface area contributed by atoms with Crippen LogP contribution < -0.4 is 5.32 Å². The highest BCUT2D eigenvalue weighted by molar-refractivity contribution is 5.76. The van der Waals surface area contributed by atoms with Gasteiger partial charge in [-0.2, -0.15) is 0 Å². The number of amides is 1. The third-order valence-corrected chi connectivity index (χ3v) is 19.3. The van der Waals surface area contributed by atoms with Gasteiger partial charge in [-0.25, -0.2) is 0 Å². The lowest BCUT2D eigenvalue weighted by Crippen LogP contribution is -2.66. The van der Waals surface area contributed by atoms with Crippen LogP contribution in [0.15, 0.2) is 60.8 Å². The summed E-state index contributed by atoms with van der Waals surface area (Å²) in [7, 11) is 0. The smallest absolute Gasteiger partial charge is 0.220 e. The molecule has 0 aromatic heterocycles. The van der Waals surface area contributed by atoms with Crippen LogP contribution in [-0.2, 0) is 33.2 Å². The van der Waals surface area contributed by atoms with Crippen molar-refractivity contribution in [2.24, 2.45) is 0 Å². The molecular formula is C78H141NO18. The molecule has 0 saturated carbocycles.